The minimum atomic E-state index is 0.339. The Hall–Kier alpha value is -2.19. The van der Waals surface area contributed by atoms with E-state index in [2.05, 4.69) is 26.0 Å². The summed E-state index contributed by atoms with van der Waals surface area (Å²) in [6, 6.07) is 4.38. The highest BCUT2D eigenvalue weighted by Crippen LogP contribution is 2.46. The van der Waals surface area contributed by atoms with Crippen molar-refractivity contribution in [1.29, 1.82) is 0 Å². The van der Waals surface area contributed by atoms with Gasteiger partial charge in [-0.1, -0.05) is 18.2 Å². The lowest BCUT2D eigenvalue weighted by atomic mass is 9.74. The number of aryl methyl sites for hydroxylation is 1. The van der Waals surface area contributed by atoms with Crippen LogP contribution in [0.3, 0.4) is 0 Å². The molecule has 146 valence electrons. The lowest BCUT2D eigenvalue weighted by Crippen LogP contribution is -2.47. The second-order valence-corrected chi connectivity index (χ2v) is 9.04. The van der Waals surface area contributed by atoms with Crippen molar-refractivity contribution in [3.05, 3.63) is 36.5 Å². The highest BCUT2D eigenvalue weighted by Gasteiger charge is 2.43. The fourth-order valence-electron chi connectivity index (χ4n) is 4.71. The normalized spacial score (nSPS) is 21.6. The molecule has 1 aliphatic heterocycles. The van der Waals surface area contributed by atoms with Crippen LogP contribution in [-0.2, 0) is 0 Å². The molecule has 1 saturated carbocycles. The minimum absolute atomic E-state index is 0.339. The molecule has 5 rings (SSSR count). The lowest BCUT2D eigenvalue weighted by molar-refractivity contribution is 0.196. The van der Waals surface area contributed by atoms with E-state index in [4.69, 9.17) is 10.7 Å². The van der Waals surface area contributed by atoms with Crippen molar-refractivity contribution >= 4 is 23.4 Å². The van der Waals surface area contributed by atoms with Gasteiger partial charge in [0.1, 0.15) is 6.33 Å². The van der Waals surface area contributed by atoms with Crippen LogP contribution in [0.1, 0.15) is 37.8 Å². The van der Waals surface area contributed by atoms with E-state index in [1.807, 2.05) is 29.9 Å². The van der Waals surface area contributed by atoms with Crippen molar-refractivity contribution < 1.29 is 0 Å². The Morgan fingerprint density at radius 1 is 1.14 bits per heavy atom. The maximum atomic E-state index is 6.44. The van der Waals surface area contributed by atoms with Crippen molar-refractivity contribution in [2.75, 3.05) is 18.0 Å². The highest BCUT2D eigenvalue weighted by atomic mass is 32.2. The van der Waals surface area contributed by atoms with Gasteiger partial charge in [-0.05, 0) is 50.2 Å². The van der Waals surface area contributed by atoms with E-state index in [0.29, 0.717) is 11.5 Å². The molecule has 1 atom stereocenters. The van der Waals surface area contributed by atoms with Gasteiger partial charge in [-0.3, -0.25) is 4.98 Å². The number of piperidine rings is 1. The van der Waals surface area contributed by atoms with E-state index >= 15 is 0 Å². The Balaban J connectivity index is 1.41. The predicted molar refractivity (Wildman–Crippen MR) is 110 cm³/mol. The lowest BCUT2D eigenvalue weighted by Gasteiger charge is -2.42. The first kappa shape index (κ1) is 17.9. The Morgan fingerprint density at radius 3 is 2.75 bits per heavy atom. The molecule has 28 heavy (non-hydrogen) atoms. The molecule has 0 radical (unpaired) electrons. The van der Waals surface area contributed by atoms with Gasteiger partial charge in [-0.15, -0.1) is 0 Å². The van der Waals surface area contributed by atoms with Crippen molar-refractivity contribution in [2.45, 2.75) is 54.9 Å². The minimum Gasteiger partial charge on any atom is -0.341 e. The molecule has 3 aromatic rings. The van der Waals surface area contributed by atoms with E-state index < -0.39 is 0 Å². The average molecular weight is 396 g/mol. The van der Waals surface area contributed by atoms with Crippen molar-refractivity contribution in [3.8, 4) is 0 Å². The Kier molecular flexibility index (Phi) is 4.47. The van der Waals surface area contributed by atoms with Crippen LogP contribution in [0.5, 0.6) is 0 Å². The molecule has 7 nitrogen and oxygen atoms in total. The number of rotatable bonds is 3. The summed E-state index contributed by atoms with van der Waals surface area (Å²) in [5, 5.41) is 4.47. The van der Waals surface area contributed by atoms with Gasteiger partial charge >= 0.3 is 0 Å². The summed E-state index contributed by atoms with van der Waals surface area (Å²) in [4.78, 5) is 18.1. The summed E-state index contributed by atoms with van der Waals surface area (Å²) in [6.45, 7) is 3.97. The van der Waals surface area contributed by atoms with Crippen molar-refractivity contribution in [3.63, 3.8) is 0 Å². The van der Waals surface area contributed by atoms with E-state index in [-0.39, 0.29) is 0 Å². The van der Waals surface area contributed by atoms with Gasteiger partial charge in [-0.2, -0.15) is 9.61 Å². The molecule has 2 aliphatic rings. The second kappa shape index (κ2) is 7.00. The van der Waals surface area contributed by atoms with Gasteiger partial charge in [-0.25, -0.2) is 9.97 Å². The summed E-state index contributed by atoms with van der Waals surface area (Å²) in [6.07, 6.45) is 11.3. The second-order valence-electron chi connectivity index (χ2n) is 7.96. The number of anilines is 1. The van der Waals surface area contributed by atoms with Gasteiger partial charge in [0.05, 0.1) is 10.6 Å². The summed E-state index contributed by atoms with van der Waals surface area (Å²) in [5.74, 6) is 0.876. The molecule has 0 bridgehead atoms. The fraction of sp³-hybridized carbons (Fsp3) is 0.500. The molecule has 2 N–H and O–H groups in total. The molecule has 0 aromatic carbocycles. The van der Waals surface area contributed by atoms with Crippen LogP contribution in [0.4, 0.5) is 5.95 Å². The quantitative estimate of drug-likeness (QED) is 0.729. The summed E-state index contributed by atoms with van der Waals surface area (Å²) in [5.41, 5.74) is 8.62. The molecule has 1 aliphatic carbocycles. The molecule has 3 aromatic heterocycles. The van der Waals surface area contributed by atoms with Crippen molar-refractivity contribution in [1.82, 2.24) is 24.6 Å². The van der Waals surface area contributed by atoms with Gasteiger partial charge in [0, 0.05) is 36.4 Å². The van der Waals surface area contributed by atoms with Gasteiger partial charge in [0.15, 0.2) is 5.65 Å². The van der Waals surface area contributed by atoms with Crippen LogP contribution in [0.25, 0.3) is 5.65 Å². The van der Waals surface area contributed by atoms with E-state index in [0.717, 1.165) is 53.0 Å². The van der Waals surface area contributed by atoms with E-state index in [9.17, 15) is 0 Å². The predicted octanol–water partition coefficient (Wildman–Crippen LogP) is 3.08. The number of aromatic nitrogens is 5. The third kappa shape index (κ3) is 2.95. The van der Waals surface area contributed by atoms with Crippen LogP contribution < -0.4 is 10.6 Å². The summed E-state index contributed by atoms with van der Waals surface area (Å²) in [7, 11) is 0. The Bertz CT molecular complexity index is 993. The zero-order valence-electron chi connectivity index (χ0n) is 16.1. The molecular weight excluding hydrogens is 370 g/mol. The number of pyridine rings is 1. The number of nitrogens with zero attached hydrogens (tertiary/aromatic N) is 6. The van der Waals surface area contributed by atoms with E-state index in [1.54, 1.807) is 18.1 Å². The zero-order valence-corrected chi connectivity index (χ0v) is 16.9. The largest absolute Gasteiger partial charge is 0.341 e. The fourth-order valence-corrected chi connectivity index (χ4v) is 5.63. The van der Waals surface area contributed by atoms with Crippen molar-refractivity contribution in [2.24, 2.45) is 11.1 Å². The summed E-state index contributed by atoms with van der Waals surface area (Å²) < 4.78 is 1.88. The van der Waals surface area contributed by atoms with Gasteiger partial charge in [0.2, 0.25) is 5.95 Å². The monoisotopic (exact) mass is 395 g/mol. The number of fused-ring (bicyclic) bond motifs is 1. The third-order valence-corrected chi connectivity index (χ3v) is 7.61. The number of hydrogen-bond donors (Lipinski definition) is 1. The molecule has 1 saturated heterocycles. The maximum absolute atomic E-state index is 6.44. The van der Waals surface area contributed by atoms with Crippen LogP contribution in [-0.4, -0.2) is 43.7 Å². The van der Waals surface area contributed by atoms with Gasteiger partial charge < -0.3 is 10.6 Å². The average Bonchev–Trinajstić information content (AvgIpc) is 3.33. The zero-order chi connectivity index (χ0) is 19.1. The first-order valence-corrected chi connectivity index (χ1v) is 10.8. The standard InChI is InChI=1S/C20H25N7S/c1-14-15(4-3-9-22-14)28-16-12-23-19(27-18(16)24-13-25-27)26-10-7-20(8-11-26)6-2-5-17(20)21/h3-4,9,12-13,17H,2,5-8,10-11,21H2,1H3/t17-/m1/s1. The molecule has 0 unspecified atom stereocenters. The molecule has 1 spiro atoms. The third-order valence-electron chi connectivity index (χ3n) is 6.45. The van der Waals surface area contributed by atoms with Gasteiger partial charge in [0.25, 0.3) is 0 Å². The first-order chi connectivity index (χ1) is 13.7. The molecule has 4 heterocycles. The Morgan fingerprint density at radius 2 is 2.00 bits per heavy atom. The highest BCUT2D eigenvalue weighted by molar-refractivity contribution is 7.99. The van der Waals surface area contributed by atoms with Crippen LogP contribution in [0, 0.1) is 12.3 Å². The smallest absolute Gasteiger partial charge is 0.228 e. The Labute approximate surface area is 168 Å². The van der Waals surface area contributed by atoms with Crippen LogP contribution in [0.15, 0.2) is 40.6 Å². The molecule has 2 fully saturated rings. The molecule has 0 amide bonds. The SMILES string of the molecule is Cc1ncccc1Sc1cnc(N2CCC3(CCC[C@H]3N)CC2)n2ncnc12. The molecular formula is C20H25N7S. The first-order valence-electron chi connectivity index (χ1n) is 9.95. The number of nitrogens with two attached hydrogens (primary N) is 1. The maximum Gasteiger partial charge on any atom is 0.228 e. The topological polar surface area (TPSA) is 85.2 Å². The van der Waals surface area contributed by atoms with Crippen LogP contribution >= 0.6 is 11.8 Å². The van der Waals surface area contributed by atoms with Crippen LogP contribution in [0.2, 0.25) is 0 Å². The summed E-state index contributed by atoms with van der Waals surface area (Å²) >= 11 is 1.64. The molecule has 8 heteroatoms. The number of hydrogen-bond acceptors (Lipinski definition) is 7. The van der Waals surface area contributed by atoms with E-state index in [1.165, 1.54) is 19.3 Å².